The number of halogens is 2. The minimum atomic E-state index is -0.247. The Bertz CT molecular complexity index is 1070. The molecule has 2 aliphatic carbocycles. The Labute approximate surface area is 197 Å². The van der Waals surface area contributed by atoms with Gasteiger partial charge in [0.25, 0.3) is 5.91 Å². The number of amides is 3. The van der Waals surface area contributed by atoms with E-state index in [0.29, 0.717) is 11.3 Å². The maximum absolute atomic E-state index is 13.1. The third-order valence-corrected chi connectivity index (χ3v) is 10.3. The summed E-state index contributed by atoms with van der Waals surface area (Å²) in [6, 6.07) is 12.5. The SMILES string of the molecule is Cc1ccc(NC(=O)c2ccc(N3C(=O)[C@@H]4[C@H]5C[C@@H]([C@@H](Br)[C@H]5Br)[C@H]4C3=O)cc2)cc1C. The maximum atomic E-state index is 13.1. The van der Waals surface area contributed by atoms with Gasteiger partial charge in [-0.05, 0) is 79.6 Å². The van der Waals surface area contributed by atoms with E-state index in [2.05, 4.69) is 37.2 Å². The van der Waals surface area contributed by atoms with Crippen LogP contribution < -0.4 is 10.2 Å². The van der Waals surface area contributed by atoms with Crippen LogP contribution in [-0.2, 0) is 9.59 Å². The first-order valence-electron chi connectivity index (χ1n) is 10.4. The Morgan fingerprint density at radius 2 is 1.48 bits per heavy atom. The molecule has 1 N–H and O–H groups in total. The predicted octanol–water partition coefficient (Wildman–Crippen LogP) is 4.84. The number of nitrogens with zero attached hydrogens (tertiary/aromatic N) is 1. The Morgan fingerprint density at radius 3 is 2.03 bits per heavy atom. The van der Waals surface area contributed by atoms with Gasteiger partial charge in [0.15, 0.2) is 0 Å². The molecule has 5 rings (SSSR count). The smallest absolute Gasteiger partial charge is 0.255 e. The number of carbonyl (C=O) groups excluding carboxylic acids is 3. The van der Waals surface area contributed by atoms with E-state index in [0.717, 1.165) is 23.2 Å². The molecule has 2 bridgehead atoms. The average molecular weight is 546 g/mol. The van der Waals surface area contributed by atoms with Crippen molar-refractivity contribution in [2.24, 2.45) is 23.7 Å². The van der Waals surface area contributed by atoms with Crippen LogP contribution in [-0.4, -0.2) is 27.4 Å². The summed E-state index contributed by atoms with van der Waals surface area (Å²) < 4.78 is 0. The lowest BCUT2D eigenvalue weighted by molar-refractivity contribution is -0.123. The van der Waals surface area contributed by atoms with Crippen LogP contribution in [0.2, 0.25) is 0 Å². The third kappa shape index (κ3) is 3.20. The molecule has 5 nitrogen and oxygen atoms in total. The van der Waals surface area contributed by atoms with E-state index in [9.17, 15) is 14.4 Å². The van der Waals surface area contributed by atoms with Crippen LogP contribution >= 0.6 is 31.9 Å². The van der Waals surface area contributed by atoms with Gasteiger partial charge in [-0.3, -0.25) is 19.3 Å². The van der Waals surface area contributed by atoms with E-state index in [1.54, 1.807) is 24.3 Å². The summed E-state index contributed by atoms with van der Waals surface area (Å²) >= 11 is 7.42. The summed E-state index contributed by atoms with van der Waals surface area (Å²) in [5, 5.41) is 2.90. The van der Waals surface area contributed by atoms with Crippen molar-refractivity contribution in [1.29, 1.82) is 0 Å². The quantitative estimate of drug-likeness (QED) is 0.443. The van der Waals surface area contributed by atoms with Crippen molar-refractivity contribution in [3.8, 4) is 0 Å². The number of aryl methyl sites for hydroxylation is 2. The summed E-state index contributed by atoms with van der Waals surface area (Å²) in [6.45, 7) is 4.03. The molecule has 2 aromatic carbocycles. The topological polar surface area (TPSA) is 66.5 Å². The van der Waals surface area contributed by atoms with Gasteiger partial charge in [0.1, 0.15) is 0 Å². The molecule has 3 fully saturated rings. The number of hydrogen-bond donors (Lipinski definition) is 1. The first-order chi connectivity index (χ1) is 14.8. The molecule has 1 aliphatic heterocycles. The van der Waals surface area contributed by atoms with E-state index >= 15 is 0 Å². The number of rotatable bonds is 3. The van der Waals surface area contributed by atoms with Crippen molar-refractivity contribution < 1.29 is 14.4 Å². The van der Waals surface area contributed by atoms with Crippen LogP contribution in [0.1, 0.15) is 27.9 Å². The summed E-state index contributed by atoms with van der Waals surface area (Å²) in [5.74, 6) is -0.579. The Morgan fingerprint density at radius 1 is 0.903 bits per heavy atom. The fraction of sp³-hybridized carbons (Fsp3) is 0.375. The lowest BCUT2D eigenvalue weighted by Crippen LogP contribution is -2.37. The molecule has 2 aromatic rings. The highest BCUT2D eigenvalue weighted by Gasteiger charge is 2.66. The Kier molecular flexibility index (Phi) is 5.09. The van der Waals surface area contributed by atoms with Crippen molar-refractivity contribution in [1.82, 2.24) is 0 Å². The second-order valence-electron chi connectivity index (χ2n) is 8.82. The van der Waals surface area contributed by atoms with Crippen molar-refractivity contribution in [2.75, 3.05) is 10.2 Å². The normalized spacial score (nSPS) is 31.3. The second kappa shape index (κ2) is 7.55. The van der Waals surface area contributed by atoms with Crippen molar-refractivity contribution >= 4 is 61.0 Å². The molecule has 7 heteroatoms. The van der Waals surface area contributed by atoms with Gasteiger partial charge >= 0.3 is 0 Å². The van der Waals surface area contributed by atoms with Gasteiger partial charge in [0, 0.05) is 20.9 Å². The molecule has 0 radical (unpaired) electrons. The Hall–Kier alpha value is -1.99. The third-order valence-electron chi connectivity index (χ3n) is 7.14. The van der Waals surface area contributed by atoms with Gasteiger partial charge in [-0.2, -0.15) is 0 Å². The largest absolute Gasteiger partial charge is 0.322 e. The summed E-state index contributed by atoms with van der Waals surface area (Å²) in [5.41, 5.74) is 4.01. The fourth-order valence-corrected chi connectivity index (χ4v) is 7.26. The molecule has 160 valence electrons. The first kappa shape index (κ1) is 20.9. The molecule has 1 saturated heterocycles. The van der Waals surface area contributed by atoms with Crippen LogP contribution in [0.3, 0.4) is 0 Å². The molecule has 2 saturated carbocycles. The number of nitrogens with one attached hydrogen (secondary N) is 1. The van der Waals surface area contributed by atoms with E-state index in [-0.39, 0.29) is 51.0 Å². The Balaban J connectivity index is 1.34. The highest BCUT2D eigenvalue weighted by molar-refractivity contribution is 9.12. The number of carbonyl (C=O) groups is 3. The molecular weight excluding hydrogens is 524 g/mol. The fourth-order valence-electron chi connectivity index (χ4n) is 5.39. The first-order valence-corrected chi connectivity index (χ1v) is 12.3. The zero-order valence-corrected chi connectivity index (χ0v) is 20.3. The van der Waals surface area contributed by atoms with Crippen molar-refractivity contribution in [2.45, 2.75) is 29.9 Å². The monoisotopic (exact) mass is 544 g/mol. The molecule has 0 spiro atoms. The average Bonchev–Trinajstić information content (AvgIpc) is 3.36. The number of fused-ring (bicyclic) bond motifs is 5. The number of imide groups is 1. The number of hydrogen-bond acceptors (Lipinski definition) is 3. The summed E-state index contributed by atoms with van der Waals surface area (Å²) in [4.78, 5) is 40.7. The van der Waals surface area contributed by atoms with Gasteiger partial charge in [-0.15, -0.1) is 0 Å². The minimum Gasteiger partial charge on any atom is -0.322 e. The van der Waals surface area contributed by atoms with Crippen molar-refractivity contribution in [3.63, 3.8) is 0 Å². The molecule has 3 amide bonds. The van der Waals surface area contributed by atoms with Gasteiger partial charge in [-0.25, -0.2) is 0 Å². The summed E-state index contributed by atoms with van der Waals surface area (Å²) in [7, 11) is 0. The van der Waals surface area contributed by atoms with Gasteiger partial charge in [0.2, 0.25) is 11.8 Å². The van der Waals surface area contributed by atoms with E-state index in [4.69, 9.17) is 0 Å². The molecule has 0 aromatic heterocycles. The molecule has 0 unspecified atom stereocenters. The van der Waals surface area contributed by atoms with Gasteiger partial charge < -0.3 is 5.32 Å². The van der Waals surface area contributed by atoms with Crippen LogP contribution in [0, 0.1) is 37.5 Å². The highest BCUT2D eigenvalue weighted by atomic mass is 79.9. The van der Waals surface area contributed by atoms with E-state index in [1.807, 2.05) is 32.0 Å². The van der Waals surface area contributed by atoms with Crippen molar-refractivity contribution in [3.05, 3.63) is 59.2 Å². The number of anilines is 2. The number of alkyl halides is 2. The van der Waals surface area contributed by atoms with Crippen LogP contribution in [0.25, 0.3) is 0 Å². The zero-order valence-electron chi connectivity index (χ0n) is 17.1. The van der Waals surface area contributed by atoms with E-state index < -0.39 is 0 Å². The van der Waals surface area contributed by atoms with Crippen LogP contribution in [0.4, 0.5) is 11.4 Å². The maximum Gasteiger partial charge on any atom is 0.255 e. The molecular formula is C24H22Br2N2O3. The van der Waals surface area contributed by atoms with Crippen LogP contribution in [0.5, 0.6) is 0 Å². The second-order valence-corrected chi connectivity index (χ2v) is 10.9. The molecule has 1 heterocycles. The lowest BCUT2D eigenvalue weighted by Gasteiger charge is -2.28. The molecule has 6 atom stereocenters. The lowest BCUT2D eigenvalue weighted by atomic mass is 9.81. The predicted molar refractivity (Wildman–Crippen MR) is 127 cm³/mol. The minimum absolute atomic E-state index is 0.112. The zero-order chi connectivity index (χ0) is 22.0. The van der Waals surface area contributed by atoms with Gasteiger partial charge in [0.05, 0.1) is 17.5 Å². The number of benzene rings is 2. The standard InChI is InChI=1S/C24H22Br2N2O3/c1-11-3-6-14(9-12(11)2)27-22(29)13-4-7-15(8-5-13)28-23(30)18-16-10-17(19(18)24(28)31)21(26)20(16)25/h3-9,16-21H,10H2,1-2H3,(H,27,29)/t16-,17-,18-,19-,20-,21+/m1/s1. The van der Waals surface area contributed by atoms with Gasteiger partial charge in [-0.1, -0.05) is 37.9 Å². The highest BCUT2D eigenvalue weighted by Crippen LogP contribution is 2.60. The molecule has 3 aliphatic rings. The van der Waals surface area contributed by atoms with E-state index in [1.165, 1.54) is 4.90 Å². The summed E-state index contributed by atoms with van der Waals surface area (Å²) in [6.07, 6.45) is 0.907. The van der Waals surface area contributed by atoms with Crippen LogP contribution in [0.15, 0.2) is 42.5 Å². The molecule has 31 heavy (non-hydrogen) atoms.